The maximum absolute atomic E-state index is 10.6. The molecule has 134 valence electrons. The van der Waals surface area contributed by atoms with Gasteiger partial charge in [-0.05, 0) is 25.5 Å². The Hall–Kier alpha value is -1.14. The minimum absolute atomic E-state index is 0.248. The van der Waals surface area contributed by atoms with Gasteiger partial charge < -0.3 is 24.8 Å². The van der Waals surface area contributed by atoms with E-state index >= 15 is 0 Å². The average Bonchev–Trinajstić information content (AvgIpc) is 2.55. The second kappa shape index (κ2) is 7.83. The quantitative estimate of drug-likeness (QED) is 0.862. The fourth-order valence-electron chi connectivity index (χ4n) is 3.70. The first-order chi connectivity index (χ1) is 11.6. The van der Waals surface area contributed by atoms with E-state index in [1.165, 1.54) is 11.3 Å². The number of rotatable bonds is 5. The summed E-state index contributed by atoms with van der Waals surface area (Å²) >= 11 is 0. The molecule has 0 amide bonds. The van der Waals surface area contributed by atoms with Crippen molar-refractivity contribution in [3.63, 3.8) is 0 Å². The second-order valence-corrected chi connectivity index (χ2v) is 7.23. The molecule has 2 N–H and O–H groups in total. The molecule has 2 atom stereocenters. The summed E-state index contributed by atoms with van der Waals surface area (Å²) in [7, 11) is 0. The number of hydrogen-bond acceptors (Lipinski definition) is 5. The first-order valence-electron chi connectivity index (χ1n) is 9.05. The van der Waals surface area contributed by atoms with Gasteiger partial charge in [-0.25, -0.2) is 0 Å². The van der Waals surface area contributed by atoms with Crippen LogP contribution in [0.1, 0.15) is 32.3 Å². The minimum Gasteiger partial charge on any atom is -0.388 e. The maximum Gasteiger partial charge on any atom is 0.0815 e. The van der Waals surface area contributed by atoms with E-state index in [1.807, 2.05) is 0 Å². The van der Waals surface area contributed by atoms with Gasteiger partial charge in [0, 0.05) is 57.9 Å². The molecule has 1 aromatic rings. The lowest BCUT2D eigenvalue weighted by Crippen LogP contribution is -2.46. The molecule has 2 fully saturated rings. The normalized spacial score (nSPS) is 27.2. The zero-order valence-corrected chi connectivity index (χ0v) is 14.8. The lowest BCUT2D eigenvalue weighted by atomic mass is 9.94. The van der Waals surface area contributed by atoms with Gasteiger partial charge in [-0.3, -0.25) is 0 Å². The van der Waals surface area contributed by atoms with Crippen molar-refractivity contribution in [3.05, 3.63) is 29.8 Å². The van der Waals surface area contributed by atoms with Crippen molar-refractivity contribution in [2.24, 2.45) is 0 Å². The third-order valence-corrected chi connectivity index (χ3v) is 4.94. The largest absolute Gasteiger partial charge is 0.388 e. The number of anilines is 1. The van der Waals surface area contributed by atoms with Crippen molar-refractivity contribution in [2.75, 3.05) is 37.7 Å². The van der Waals surface area contributed by atoms with Crippen molar-refractivity contribution < 1.29 is 14.6 Å². The van der Waals surface area contributed by atoms with E-state index in [0.29, 0.717) is 32.6 Å². The van der Waals surface area contributed by atoms with Gasteiger partial charge in [0.2, 0.25) is 0 Å². The number of aliphatic hydroxyl groups is 1. The highest BCUT2D eigenvalue weighted by molar-refractivity contribution is 5.54. The molecule has 0 saturated carbocycles. The molecule has 2 heterocycles. The van der Waals surface area contributed by atoms with Crippen molar-refractivity contribution in [3.8, 4) is 0 Å². The SMILES string of the molecule is C[C@@H]1CN(c2ccccc2CNCC2(O)CCOCC2)C[C@@H](C)O1. The molecule has 0 aliphatic carbocycles. The highest BCUT2D eigenvalue weighted by Gasteiger charge is 2.29. The van der Waals surface area contributed by atoms with Crippen LogP contribution in [0.25, 0.3) is 0 Å². The number of hydrogen-bond donors (Lipinski definition) is 2. The highest BCUT2D eigenvalue weighted by Crippen LogP contribution is 2.25. The molecule has 0 spiro atoms. The lowest BCUT2D eigenvalue weighted by Gasteiger charge is -2.38. The van der Waals surface area contributed by atoms with Crippen LogP contribution in [0.5, 0.6) is 0 Å². The number of benzene rings is 1. The zero-order valence-electron chi connectivity index (χ0n) is 14.8. The molecular weight excluding hydrogens is 304 g/mol. The van der Waals surface area contributed by atoms with Gasteiger partial charge in [0.05, 0.1) is 17.8 Å². The van der Waals surface area contributed by atoms with E-state index < -0.39 is 5.60 Å². The summed E-state index contributed by atoms with van der Waals surface area (Å²) in [4.78, 5) is 2.42. The van der Waals surface area contributed by atoms with Crippen LogP contribution < -0.4 is 10.2 Å². The van der Waals surface area contributed by atoms with E-state index in [1.54, 1.807) is 0 Å². The molecule has 2 aliphatic rings. The molecule has 2 saturated heterocycles. The van der Waals surface area contributed by atoms with Crippen LogP contribution in [0.15, 0.2) is 24.3 Å². The molecule has 1 aromatic carbocycles. The van der Waals surface area contributed by atoms with Crippen molar-refractivity contribution >= 4 is 5.69 Å². The first kappa shape index (κ1) is 17.7. The predicted molar refractivity (Wildman–Crippen MR) is 95.4 cm³/mol. The van der Waals surface area contributed by atoms with Gasteiger partial charge in [-0.15, -0.1) is 0 Å². The van der Waals surface area contributed by atoms with Gasteiger partial charge >= 0.3 is 0 Å². The van der Waals surface area contributed by atoms with Gasteiger partial charge in [0.1, 0.15) is 0 Å². The molecule has 0 bridgehead atoms. The zero-order chi connectivity index (χ0) is 17.0. The monoisotopic (exact) mass is 334 g/mol. The Morgan fingerprint density at radius 1 is 1.17 bits per heavy atom. The van der Waals surface area contributed by atoms with Crippen molar-refractivity contribution in [2.45, 2.75) is 51.0 Å². The number of nitrogens with one attached hydrogen (secondary N) is 1. The topological polar surface area (TPSA) is 54.0 Å². The molecular formula is C19H30N2O3. The van der Waals surface area contributed by atoms with E-state index in [2.05, 4.69) is 48.3 Å². The number of ether oxygens (including phenoxy) is 2. The summed E-state index contributed by atoms with van der Waals surface area (Å²) in [5.41, 5.74) is 1.91. The standard InChI is InChI=1S/C19H30N2O3/c1-15-12-21(13-16(2)24-15)18-6-4-3-5-17(18)11-20-14-19(22)7-9-23-10-8-19/h3-6,15-16,20,22H,7-14H2,1-2H3/t15-,16-/m1/s1. The maximum atomic E-state index is 10.6. The molecule has 0 radical (unpaired) electrons. The smallest absolute Gasteiger partial charge is 0.0815 e. The Labute approximate surface area is 144 Å². The fraction of sp³-hybridized carbons (Fsp3) is 0.684. The van der Waals surface area contributed by atoms with Crippen LogP contribution in [0.4, 0.5) is 5.69 Å². The van der Waals surface area contributed by atoms with E-state index in [-0.39, 0.29) is 12.2 Å². The van der Waals surface area contributed by atoms with Gasteiger partial charge in [0.25, 0.3) is 0 Å². The molecule has 3 rings (SSSR count). The Kier molecular flexibility index (Phi) is 5.76. The average molecular weight is 334 g/mol. The summed E-state index contributed by atoms with van der Waals surface area (Å²) < 4.78 is 11.2. The summed E-state index contributed by atoms with van der Waals surface area (Å²) in [5, 5.41) is 14.0. The van der Waals surface area contributed by atoms with Crippen LogP contribution in [0.2, 0.25) is 0 Å². The number of para-hydroxylation sites is 1. The molecule has 0 unspecified atom stereocenters. The Morgan fingerprint density at radius 3 is 2.54 bits per heavy atom. The minimum atomic E-state index is -0.630. The van der Waals surface area contributed by atoms with Gasteiger partial charge in [0.15, 0.2) is 0 Å². The Morgan fingerprint density at radius 2 is 1.83 bits per heavy atom. The van der Waals surface area contributed by atoms with E-state index in [4.69, 9.17) is 9.47 Å². The van der Waals surface area contributed by atoms with Crippen LogP contribution in [-0.2, 0) is 16.0 Å². The van der Waals surface area contributed by atoms with E-state index in [9.17, 15) is 5.11 Å². The lowest BCUT2D eigenvalue weighted by molar-refractivity contribution is -0.0616. The van der Waals surface area contributed by atoms with Gasteiger partial charge in [-0.2, -0.15) is 0 Å². The third-order valence-electron chi connectivity index (χ3n) is 4.94. The number of nitrogens with zero attached hydrogens (tertiary/aromatic N) is 1. The Balaban J connectivity index is 1.61. The predicted octanol–water partition coefficient (Wildman–Crippen LogP) is 1.93. The van der Waals surface area contributed by atoms with Crippen molar-refractivity contribution in [1.82, 2.24) is 5.32 Å². The third kappa shape index (κ3) is 4.48. The molecule has 5 nitrogen and oxygen atoms in total. The van der Waals surface area contributed by atoms with Crippen LogP contribution >= 0.6 is 0 Å². The molecule has 5 heteroatoms. The van der Waals surface area contributed by atoms with Crippen LogP contribution in [0.3, 0.4) is 0 Å². The van der Waals surface area contributed by atoms with Crippen LogP contribution in [0, 0.1) is 0 Å². The summed E-state index contributed by atoms with van der Waals surface area (Å²) in [6.07, 6.45) is 1.91. The molecule has 0 aromatic heterocycles. The van der Waals surface area contributed by atoms with Crippen molar-refractivity contribution in [1.29, 1.82) is 0 Å². The first-order valence-corrected chi connectivity index (χ1v) is 9.05. The van der Waals surface area contributed by atoms with Crippen LogP contribution in [-0.4, -0.2) is 55.8 Å². The molecule has 2 aliphatic heterocycles. The Bertz CT molecular complexity index is 521. The fourth-order valence-corrected chi connectivity index (χ4v) is 3.70. The van der Waals surface area contributed by atoms with E-state index in [0.717, 1.165) is 19.6 Å². The number of morpholine rings is 1. The summed E-state index contributed by atoms with van der Waals surface area (Å²) in [6.45, 7) is 8.77. The highest BCUT2D eigenvalue weighted by atomic mass is 16.5. The second-order valence-electron chi connectivity index (χ2n) is 7.23. The van der Waals surface area contributed by atoms with Gasteiger partial charge in [-0.1, -0.05) is 18.2 Å². The molecule has 24 heavy (non-hydrogen) atoms. The summed E-state index contributed by atoms with van der Waals surface area (Å²) in [5.74, 6) is 0. The summed E-state index contributed by atoms with van der Waals surface area (Å²) in [6, 6.07) is 8.53.